The van der Waals surface area contributed by atoms with E-state index in [1.165, 1.54) is 19.1 Å². The minimum Gasteiger partial charge on any atom is -0.480 e. The van der Waals surface area contributed by atoms with Gasteiger partial charge in [0.2, 0.25) is 0 Å². The number of aliphatic hydroxyl groups is 1. The van der Waals surface area contributed by atoms with E-state index in [9.17, 15) is 14.0 Å². The molecule has 3 N–H and O–H groups in total. The lowest BCUT2D eigenvalue weighted by molar-refractivity contribution is -0.140. The fourth-order valence-electron chi connectivity index (χ4n) is 1.30. The molecule has 1 amide bonds. The molecule has 6 heteroatoms. The molecule has 0 fully saturated rings. The number of carbonyl (C=O) groups is 2. The molecule has 0 bridgehead atoms. The normalized spacial score (nSPS) is 11.9. The Balaban J connectivity index is 2.86. The van der Waals surface area contributed by atoms with Gasteiger partial charge in [0.15, 0.2) is 6.04 Å². The van der Waals surface area contributed by atoms with Crippen molar-refractivity contribution in [3.8, 4) is 0 Å². The number of aliphatic hydroxyl groups excluding tert-OH is 1. The third kappa shape index (κ3) is 3.25. The zero-order valence-electron chi connectivity index (χ0n) is 9.11. The lowest BCUT2D eigenvalue weighted by Crippen LogP contribution is -2.43. The molecule has 0 saturated carbocycles. The third-order valence-corrected chi connectivity index (χ3v) is 2.22. The predicted octanol–water partition coefficient (Wildman–Crippen LogP) is 0.309. The van der Waals surface area contributed by atoms with Gasteiger partial charge in [-0.05, 0) is 30.7 Å². The van der Waals surface area contributed by atoms with E-state index in [0.29, 0.717) is 5.56 Å². The summed E-state index contributed by atoms with van der Waals surface area (Å²) in [6.07, 6.45) is 0. The number of carbonyl (C=O) groups excluding carboxylic acids is 1. The van der Waals surface area contributed by atoms with Crippen LogP contribution in [0.1, 0.15) is 15.9 Å². The fourth-order valence-corrected chi connectivity index (χ4v) is 1.30. The first-order chi connectivity index (χ1) is 7.95. The molecule has 1 aromatic rings. The predicted molar refractivity (Wildman–Crippen MR) is 57.1 cm³/mol. The molecule has 0 aliphatic rings. The van der Waals surface area contributed by atoms with E-state index in [0.717, 1.165) is 6.07 Å². The van der Waals surface area contributed by atoms with Crippen LogP contribution in [0.5, 0.6) is 0 Å². The molecular formula is C11H12FNO4. The van der Waals surface area contributed by atoms with E-state index in [2.05, 4.69) is 5.32 Å². The Hall–Kier alpha value is -1.95. The van der Waals surface area contributed by atoms with Gasteiger partial charge in [0.1, 0.15) is 5.82 Å². The third-order valence-electron chi connectivity index (χ3n) is 2.22. The van der Waals surface area contributed by atoms with E-state index in [1.54, 1.807) is 0 Å². The van der Waals surface area contributed by atoms with Crippen LogP contribution in [0.25, 0.3) is 0 Å². The van der Waals surface area contributed by atoms with Crippen molar-refractivity contribution in [3.05, 3.63) is 35.1 Å². The van der Waals surface area contributed by atoms with E-state index < -0.39 is 30.3 Å². The molecule has 0 radical (unpaired) electrons. The highest BCUT2D eigenvalue weighted by Gasteiger charge is 2.20. The van der Waals surface area contributed by atoms with Gasteiger partial charge in [0, 0.05) is 5.56 Å². The van der Waals surface area contributed by atoms with Crippen LogP contribution in [-0.4, -0.2) is 34.7 Å². The van der Waals surface area contributed by atoms with Crippen molar-refractivity contribution in [1.82, 2.24) is 5.32 Å². The molecule has 1 atom stereocenters. The number of aryl methyl sites for hydroxylation is 1. The van der Waals surface area contributed by atoms with E-state index in [-0.39, 0.29) is 5.56 Å². The summed E-state index contributed by atoms with van der Waals surface area (Å²) in [4.78, 5) is 22.2. The monoisotopic (exact) mass is 241 g/mol. The second kappa shape index (κ2) is 5.40. The van der Waals surface area contributed by atoms with Crippen molar-refractivity contribution >= 4 is 11.9 Å². The number of halogens is 1. The van der Waals surface area contributed by atoms with Crippen LogP contribution < -0.4 is 5.32 Å². The lowest BCUT2D eigenvalue weighted by atomic mass is 10.1. The number of nitrogens with one attached hydrogen (secondary N) is 1. The molecule has 0 saturated heterocycles. The Morgan fingerprint density at radius 1 is 1.47 bits per heavy atom. The van der Waals surface area contributed by atoms with Crippen molar-refractivity contribution in [3.63, 3.8) is 0 Å². The Kier molecular flexibility index (Phi) is 4.17. The second-order valence-electron chi connectivity index (χ2n) is 3.51. The van der Waals surface area contributed by atoms with Gasteiger partial charge < -0.3 is 15.5 Å². The number of hydrogen-bond acceptors (Lipinski definition) is 3. The largest absolute Gasteiger partial charge is 0.480 e. The quantitative estimate of drug-likeness (QED) is 0.708. The Labute approximate surface area is 96.9 Å². The summed E-state index contributed by atoms with van der Waals surface area (Å²) in [5.41, 5.74) is 0.565. The number of aliphatic carboxylic acids is 1. The second-order valence-corrected chi connectivity index (χ2v) is 3.51. The highest BCUT2D eigenvalue weighted by molar-refractivity contribution is 5.97. The summed E-state index contributed by atoms with van der Waals surface area (Å²) < 4.78 is 12.8. The number of benzene rings is 1. The molecule has 1 rings (SSSR count). The smallest absolute Gasteiger partial charge is 0.328 e. The first-order valence-electron chi connectivity index (χ1n) is 4.86. The van der Waals surface area contributed by atoms with Crippen LogP contribution in [0.2, 0.25) is 0 Å². The van der Waals surface area contributed by atoms with Crippen molar-refractivity contribution < 1.29 is 24.2 Å². The molecule has 0 spiro atoms. The van der Waals surface area contributed by atoms with Crippen LogP contribution in [0.3, 0.4) is 0 Å². The minimum atomic E-state index is -1.37. The van der Waals surface area contributed by atoms with Gasteiger partial charge >= 0.3 is 5.97 Å². The number of carboxylic acid groups (broad SMARTS) is 1. The van der Waals surface area contributed by atoms with Gasteiger partial charge in [-0.25, -0.2) is 9.18 Å². The molecule has 5 nitrogen and oxygen atoms in total. The molecule has 0 unspecified atom stereocenters. The zero-order chi connectivity index (χ0) is 13.0. The summed E-state index contributed by atoms with van der Waals surface area (Å²) in [5, 5.41) is 19.5. The summed E-state index contributed by atoms with van der Waals surface area (Å²) in [7, 11) is 0. The maximum atomic E-state index is 12.8. The molecule has 17 heavy (non-hydrogen) atoms. The van der Waals surface area contributed by atoms with E-state index in [1.807, 2.05) is 0 Å². The average molecular weight is 241 g/mol. The standard InChI is InChI=1S/C11H12FNO4/c1-6-4-7(12)2-3-8(6)10(15)13-9(5-14)11(16)17/h2-4,9,14H,5H2,1H3,(H,13,15)(H,16,17)/t9-/m1/s1. The fraction of sp³-hybridized carbons (Fsp3) is 0.273. The van der Waals surface area contributed by atoms with Crippen LogP contribution in [-0.2, 0) is 4.79 Å². The molecule has 92 valence electrons. The first-order valence-corrected chi connectivity index (χ1v) is 4.86. The first kappa shape index (κ1) is 13.1. The van der Waals surface area contributed by atoms with Gasteiger partial charge in [-0.1, -0.05) is 0 Å². The molecular weight excluding hydrogens is 229 g/mol. The summed E-state index contributed by atoms with van der Waals surface area (Å²) in [5.74, 6) is -2.47. The highest BCUT2D eigenvalue weighted by atomic mass is 19.1. The molecule has 0 aliphatic carbocycles. The highest BCUT2D eigenvalue weighted by Crippen LogP contribution is 2.10. The van der Waals surface area contributed by atoms with Crippen molar-refractivity contribution in [2.75, 3.05) is 6.61 Å². The average Bonchev–Trinajstić information content (AvgIpc) is 2.24. The molecule has 0 aliphatic heterocycles. The van der Waals surface area contributed by atoms with Crippen LogP contribution in [0.4, 0.5) is 4.39 Å². The van der Waals surface area contributed by atoms with E-state index >= 15 is 0 Å². The van der Waals surface area contributed by atoms with E-state index in [4.69, 9.17) is 10.2 Å². The minimum absolute atomic E-state index is 0.172. The zero-order valence-corrected chi connectivity index (χ0v) is 9.11. The van der Waals surface area contributed by atoms with Crippen molar-refractivity contribution in [2.24, 2.45) is 0 Å². The van der Waals surface area contributed by atoms with Crippen LogP contribution in [0, 0.1) is 12.7 Å². The van der Waals surface area contributed by atoms with Crippen LogP contribution in [0.15, 0.2) is 18.2 Å². The Morgan fingerprint density at radius 2 is 2.12 bits per heavy atom. The van der Waals surface area contributed by atoms with Crippen molar-refractivity contribution in [2.45, 2.75) is 13.0 Å². The Bertz CT molecular complexity index is 447. The van der Waals surface area contributed by atoms with Gasteiger partial charge in [-0.3, -0.25) is 4.79 Å². The summed E-state index contributed by atoms with van der Waals surface area (Å²) in [6.45, 7) is 0.827. The number of rotatable bonds is 4. The maximum absolute atomic E-state index is 12.8. The maximum Gasteiger partial charge on any atom is 0.328 e. The van der Waals surface area contributed by atoms with Gasteiger partial charge in [0.25, 0.3) is 5.91 Å². The van der Waals surface area contributed by atoms with Gasteiger partial charge in [0.05, 0.1) is 6.61 Å². The van der Waals surface area contributed by atoms with Crippen molar-refractivity contribution in [1.29, 1.82) is 0 Å². The van der Waals surface area contributed by atoms with Gasteiger partial charge in [-0.15, -0.1) is 0 Å². The number of carboxylic acids is 1. The summed E-state index contributed by atoms with van der Waals surface area (Å²) >= 11 is 0. The number of amides is 1. The molecule has 0 heterocycles. The summed E-state index contributed by atoms with van der Waals surface area (Å²) in [6, 6.07) is 2.17. The lowest BCUT2D eigenvalue weighted by Gasteiger charge is -2.12. The molecule has 1 aromatic carbocycles. The SMILES string of the molecule is Cc1cc(F)ccc1C(=O)N[C@H](CO)C(=O)O. The molecule has 0 aromatic heterocycles. The Morgan fingerprint density at radius 3 is 2.59 bits per heavy atom. The van der Waals surface area contributed by atoms with Gasteiger partial charge in [-0.2, -0.15) is 0 Å². The van der Waals surface area contributed by atoms with Crippen LogP contribution >= 0.6 is 0 Å². The topological polar surface area (TPSA) is 86.6 Å². The number of hydrogen-bond donors (Lipinski definition) is 3.